The molecule has 1 aliphatic rings. The molecule has 48 valence electrons. The highest BCUT2D eigenvalue weighted by Gasteiger charge is 2.20. The molecule has 3 heteroatoms. The van der Waals surface area contributed by atoms with Crippen LogP contribution in [-0.4, -0.2) is 15.7 Å². The lowest BCUT2D eigenvalue weighted by Crippen LogP contribution is -2.13. The van der Waals surface area contributed by atoms with Gasteiger partial charge in [0.05, 0.1) is 0 Å². The number of hydrogen-bond acceptors (Lipinski definition) is 2. The van der Waals surface area contributed by atoms with Gasteiger partial charge < -0.3 is 5.43 Å². The van der Waals surface area contributed by atoms with Crippen LogP contribution in [0.3, 0.4) is 0 Å². The minimum absolute atomic E-state index is 0.708. The fraction of sp³-hybridized carbons (Fsp3) is 0.500. The summed E-state index contributed by atoms with van der Waals surface area (Å²) in [5, 5.41) is 0. The Kier molecular flexibility index (Phi) is 0.946. The van der Waals surface area contributed by atoms with Gasteiger partial charge in [-0.3, -0.25) is 4.68 Å². The minimum Gasteiger partial charge on any atom is -0.322 e. The van der Waals surface area contributed by atoms with Gasteiger partial charge in [0.2, 0.25) is 0 Å². The lowest BCUT2D eigenvalue weighted by atomic mass is 10.8. The fourth-order valence-corrected chi connectivity index (χ4v) is 0.759. The first kappa shape index (κ1) is 4.85. The van der Waals surface area contributed by atoms with E-state index in [4.69, 9.17) is 0 Å². The molecule has 1 heterocycles. The Morgan fingerprint density at radius 2 is 2.44 bits per heavy atom. The van der Waals surface area contributed by atoms with Gasteiger partial charge in [0.1, 0.15) is 6.33 Å². The third kappa shape index (κ3) is 1.04. The van der Waals surface area contributed by atoms with Crippen molar-refractivity contribution in [3.05, 3.63) is 18.7 Å². The van der Waals surface area contributed by atoms with Crippen LogP contribution in [0.4, 0.5) is 0 Å². The van der Waals surface area contributed by atoms with Crippen molar-refractivity contribution in [2.24, 2.45) is 0 Å². The second-order valence-corrected chi connectivity index (χ2v) is 2.37. The van der Waals surface area contributed by atoms with Crippen LogP contribution in [0.15, 0.2) is 18.7 Å². The number of rotatable bonds is 2. The normalized spacial score (nSPS) is 17.8. The van der Waals surface area contributed by atoms with Crippen molar-refractivity contribution in [1.82, 2.24) is 9.66 Å². The average molecular weight is 123 g/mol. The largest absolute Gasteiger partial charge is 0.322 e. The van der Waals surface area contributed by atoms with Crippen LogP contribution in [0, 0.1) is 0 Å². The van der Waals surface area contributed by atoms with Crippen molar-refractivity contribution >= 4 is 0 Å². The van der Waals surface area contributed by atoms with Crippen molar-refractivity contribution in [2.75, 3.05) is 5.43 Å². The predicted octanol–water partition coefficient (Wildman–Crippen LogP) is 0.589. The molecule has 1 aromatic rings. The summed E-state index contributed by atoms with van der Waals surface area (Å²) in [6.07, 6.45) is 8.07. The first-order valence-corrected chi connectivity index (χ1v) is 3.19. The van der Waals surface area contributed by atoms with Crippen molar-refractivity contribution in [1.29, 1.82) is 0 Å². The van der Waals surface area contributed by atoms with E-state index in [9.17, 15) is 0 Å². The van der Waals surface area contributed by atoms with Gasteiger partial charge in [0.25, 0.3) is 0 Å². The second kappa shape index (κ2) is 1.76. The molecule has 9 heavy (non-hydrogen) atoms. The Labute approximate surface area is 53.7 Å². The molecular formula is C6H9N3. The Morgan fingerprint density at radius 3 is 3.00 bits per heavy atom. The molecule has 0 unspecified atom stereocenters. The molecule has 1 aromatic heterocycles. The van der Waals surface area contributed by atoms with E-state index in [1.807, 2.05) is 10.9 Å². The maximum absolute atomic E-state index is 3.90. The van der Waals surface area contributed by atoms with E-state index >= 15 is 0 Å². The summed E-state index contributed by atoms with van der Waals surface area (Å²) in [6, 6.07) is 0.708. The molecule has 3 nitrogen and oxygen atoms in total. The monoisotopic (exact) mass is 123 g/mol. The maximum Gasteiger partial charge on any atom is 0.114 e. The van der Waals surface area contributed by atoms with Gasteiger partial charge >= 0.3 is 0 Å². The molecule has 1 saturated carbocycles. The van der Waals surface area contributed by atoms with Crippen LogP contribution < -0.4 is 5.43 Å². The van der Waals surface area contributed by atoms with Crippen LogP contribution >= 0.6 is 0 Å². The topological polar surface area (TPSA) is 29.9 Å². The predicted molar refractivity (Wildman–Crippen MR) is 34.6 cm³/mol. The van der Waals surface area contributed by atoms with Crippen LogP contribution in [0.5, 0.6) is 0 Å². The number of nitrogens with one attached hydrogen (secondary N) is 1. The Bertz CT molecular complexity index is 176. The van der Waals surface area contributed by atoms with E-state index in [-0.39, 0.29) is 0 Å². The molecule has 2 rings (SSSR count). The lowest BCUT2D eigenvalue weighted by Gasteiger charge is -2.01. The van der Waals surface area contributed by atoms with Crippen LogP contribution in [0.1, 0.15) is 12.8 Å². The fourth-order valence-electron chi connectivity index (χ4n) is 0.759. The summed E-state index contributed by atoms with van der Waals surface area (Å²) < 4.78 is 1.90. The van der Waals surface area contributed by atoms with E-state index in [0.717, 1.165) is 0 Å². The summed E-state index contributed by atoms with van der Waals surface area (Å²) in [7, 11) is 0. The van der Waals surface area contributed by atoms with E-state index in [1.165, 1.54) is 12.8 Å². The Balaban J connectivity index is 1.99. The Hall–Kier alpha value is -0.990. The molecular weight excluding hydrogens is 114 g/mol. The van der Waals surface area contributed by atoms with Gasteiger partial charge in [-0.25, -0.2) is 4.98 Å². The quantitative estimate of drug-likeness (QED) is 0.623. The number of hydrogen-bond donors (Lipinski definition) is 1. The first-order chi connectivity index (χ1) is 4.45. The van der Waals surface area contributed by atoms with E-state index < -0.39 is 0 Å². The summed E-state index contributed by atoms with van der Waals surface area (Å²) in [5.74, 6) is 0. The van der Waals surface area contributed by atoms with E-state index in [1.54, 1.807) is 12.5 Å². The Morgan fingerprint density at radius 1 is 1.56 bits per heavy atom. The van der Waals surface area contributed by atoms with Crippen LogP contribution in [-0.2, 0) is 0 Å². The van der Waals surface area contributed by atoms with Gasteiger partial charge in [0.15, 0.2) is 0 Å². The average Bonchev–Trinajstić information content (AvgIpc) is 2.46. The number of aromatic nitrogens is 2. The third-order valence-electron chi connectivity index (χ3n) is 1.41. The molecule has 1 aliphatic carbocycles. The highest BCUT2D eigenvalue weighted by atomic mass is 15.4. The molecule has 1 fully saturated rings. The molecule has 0 spiro atoms. The van der Waals surface area contributed by atoms with Crippen molar-refractivity contribution in [2.45, 2.75) is 18.9 Å². The lowest BCUT2D eigenvalue weighted by molar-refractivity contribution is 0.835. The highest BCUT2D eigenvalue weighted by Crippen LogP contribution is 2.19. The van der Waals surface area contributed by atoms with Gasteiger partial charge in [0, 0.05) is 18.4 Å². The molecule has 0 saturated heterocycles. The zero-order chi connectivity index (χ0) is 6.10. The number of imidazole rings is 1. The third-order valence-corrected chi connectivity index (χ3v) is 1.41. The summed E-state index contributed by atoms with van der Waals surface area (Å²) in [4.78, 5) is 3.90. The smallest absolute Gasteiger partial charge is 0.114 e. The van der Waals surface area contributed by atoms with Crippen LogP contribution in [0.2, 0.25) is 0 Å². The molecule has 1 N–H and O–H groups in total. The van der Waals surface area contributed by atoms with Gasteiger partial charge in [-0.2, -0.15) is 0 Å². The maximum atomic E-state index is 3.90. The summed E-state index contributed by atoms with van der Waals surface area (Å²) >= 11 is 0. The second-order valence-electron chi connectivity index (χ2n) is 2.37. The molecule has 0 radical (unpaired) electrons. The summed E-state index contributed by atoms with van der Waals surface area (Å²) in [5.41, 5.74) is 3.25. The minimum atomic E-state index is 0.708. The SMILES string of the molecule is c1cn(NC2CC2)cn1. The summed E-state index contributed by atoms with van der Waals surface area (Å²) in [6.45, 7) is 0. The van der Waals surface area contributed by atoms with Crippen LogP contribution in [0.25, 0.3) is 0 Å². The van der Waals surface area contributed by atoms with Gasteiger partial charge in [-0.15, -0.1) is 0 Å². The number of nitrogens with zero attached hydrogens (tertiary/aromatic N) is 2. The zero-order valence-electron chi connectivity index (χ0n) is 5.12. The molecule has 0 aromatic carbocycles. The zero-order valence-corrected chi connectivity index (χ0v) is 5.12. The van der Waals surface area contributed by atoms with Gasteiger partial charge in [-0.1, -0.05) is 0 Å². The molecule has 0 aliphatic heterocycles. The van der Waals surface area contributed by atoms with E-state index in [2.05, 4.69) is 10.4 Å². The molecule has 0 bridgehead atoms. The van der Waals surface area contributed by atoms with Crippen molar-refractivity contribution < 1.29 is 0 Å². The van der Waals surface area contributed by atoms with Gasteiger partial charge in [-0.05, 0) is 12.8 Å². The molecule has 0 atom stereocenters. The molecule has 0 amide bonds. The first-order valence-electron chi connectivity index (χ1n) is 3.19. The standard InChI is InChI=1S/C6H9N3/c1-2-6(1)8-9-4-3-7-5-9/h3-6,8H,1-2H2. The van der Waals surface area contributed by atoms with Crippen molar-refractivity contribution in [3.63, 3.8) is 0 Å². The van der Waals surface area contributed by atoms with Crippen molar-refractivity contribution in [3.8, 4) is 0 Å². The highest BCUT2D eigenvalue weighted by molar-refractivity contribution is 4.94. The van der Waals surface area contributed by atoms with E-state index in [0.29, 0.717) is 6.04 Å².